The first-order chi connectivity index (χ1) is 22.6. The van der Waals surface area contributed by atoms with Crippen LogP contribution in [0, 0.1) is 13.8 Å². The fourth-order valence-electron chi connectivity index (χ4n) is 5.83. The first kappa shape index (κ1) is 36.3. The predicted molar refractivity (Wildman–Crippen MR) is 171 cm³/mol. The van der Waals surface area contributed by atoms with Crippen LogP contribution >= 0.6 is 0 Å². The highest BCUT2D eigenvalue weighted by molar-refractivity contribution is 6.02. The van der Waals surface area contributed by atoms with E-state index in [1.165, 1.54) is 20.0 Å². The predicted octanol–water partition coefficient (Wildman–Crippen LogP) is 7.75. The molecule has 0 radical (unpaired) electrons. The quantitative estimate of drug-likeness (QED) is 0.192. The van der Waals surface area contributed by atoms with Crippen LogP contribution in [0.5, 0.6) is 0 Å². The van der Waals surface area contributed by atoms with Gasteiger partial charge in [-0.3, -0.25) is 9.59 Å². The van der Waals surface area contributed by atoms with Crippen LogP contribution < -0.4 is 10.6 Å². The Kier molecular flexibility index (Phi) is 10.8. The Bertz CT molecular complexity index is 1630. The molecule has 1 aliphatic heterocycles. The van der Waals surface area contributed by atoms with Gasteiger partial charge in [-0.2, -0.15) is 26.3 Å². The molecule has 0 bridgehead atoms. The first-order valence-electron chi connectivity index (χ1n) is 15.7. The summed E-state index contributed by atoms with van der Waals surface area (Å²) in [6.45, 7) is 7.88. The second-order valence-electron chi connectivity index (χ2n) is 12.0. The maximum absolute atomic E-state index is 15.2. The van der Waals surface area contributed by atoms with Crippen LogP contribution in [-0.2, 0) is 16.8 Å². The molecule has 2 N–H and O–H groups in total. The van der Waals surface area contributed by atoms with Crippen LogP contribution in [0.3, 0.4) is 0 Å². The third-order valence-electron chi connectivity index (χ3n) is 8.57. The molecule has 1 unspecified atom stereocenters. The summed E-state index contributed by atoms with van der Waals surface area (Å²) >= 11 is 0. The number of benzene rings is 2. The van der Waals surface area contributed by atoms with Gasteiger partial charge in [0.25, 0.3) is 11.8 Å². The number of nitrogens with one attached hydrogen (secondary N) is 2. The molecule has 0 fully saturated rings. The largest absolute Gasteiger partial charge is 0.411 e. The standard InChI is InChI=1S/C34H40F6N6O2/c1-6-8-15-45-17-14-41-28(45)29(47)42-26-20-24(12-10-22(26)3)32(33(35,36)37,34(38,39)40)25-13-11-23(4)27(21-25)43-30(48)31-44(5)18-19-46(31)16-9-7-2/h10-14,17-21,31H,6-9,15-16H2,1-5H3,(H,42,47)(H,43,48). The average Bonchev–Trinajstić information content (AvgIpc) is 3.63. The molecular formula is C34H40F6N6O2. The minimum absolute atomic E-state index is 0.0264. The lowest BCUT2D eigenvalue weighted by Crippen LogP contribution is -2.54. The van der Waals surface area contributed by atoms with E-state index in [2.05, 4.69) is 15.6 Å². The third-order valence-corrected chi connectivity index (χ3v) is 8.57. The first-order valence-corrected chi connectivity index (χ1v) is 15.7. The Labute approximate surface area is 275 Å². The molecular weight excluding hydrogens is 638 g/mol. The van der Waals surface area contributed by atoms with Crippen LogP contribution in [0.1, 0.15) is 72.4 Å². The number of alkyl halides is 6. The molecule has 8 nitrogen and oxygen atoms in total. The van der Waals surface area contributed by atoms with Crippen molar-refractivity contribution in [1.82, 2.24) is 19.4 Å². The normalized spacial score (nSPS) is 15.3. The number of nitrogens with zero attached hydrogens (tertiary/aromatic N) is 4. The van der Waals surface area contributed by atoms with Gasteiger partial charge in [-0.05, 0) is 61.1 Å². The number of hydrogen-bond donors (Lipinski definition) is 2. The number of rotatable bonds is 12. The van der Waals surface area contributed by atoms with E-state index in [1.54, 1.807) is 40.0 Å². The summed E-state index contributed by atoms with van der Waals surface area (Å²) < 4.78 is 92.5. The number of aromatic nitrogens is 2. The summed E-state index contributed by atoms with van der Waals surface area (Å²) in [5, 5.41) is 5.04. The number of likely N-dealkylation sites (N-methyl/N-ethyl adjacent to an activating group) is 1. The van der Waals surface area contributed by atoms with Gasteiger partial charge in [0, 0.05) is 56.3 Å². The number of carbonyl (C=O) groups is 2. The van der Waals surface area contributed by atoms with E-state index in [1.807, 2.05) is 13.8 Å². The number of anilines is 2. The van der Waals surface area contributed by atoms with Gasteiger partial charge in [-0.1, -0.05) is 51.0 Å². The summed E-state index contributed by atoms with van der Waals surface area (Å²) in [5.74, 6) is -1.41. The van der Waals surface area contributed by atoms with Crippen molar-refractivity contribution in [3.05, 3.63) is 89.3 Å². The summed E-state index contributed by atoms with van der Waals surface area (Å²) in [4.78, 5) is 34.0. The maximum atomic E-state index is 15.2. The Morgan fingerprint density at radius 2 is 1.35 bits per heavy atom. The molecule has 48 heavy (non-hydrogen) atoms. The monoisotopic (exact) mass is 678 g/mol. The lowest BCUT2D eigenvalue weighted by molar-refractivity contribution is -0.288. The number of aryl methyl sites for hydroxylation is 3. The zero-order valence-corrected chi connectivity index (χ0v) is 27.5. The fraction of sp³-hybridized carbons (Fsp3) is 0.441. The second-order valence-corrected chi connectivity index (χ2v) is 12.0. The lowest BCUT2D eigenvalue weighted by atomic mass is 9.72. The molecule has 3 aromatic rings. The molecule has 2 amide bonds. The number of hydrogen-bond acceptors (Lipinski definition) is 5. The molecule has 4 rings (SSSR count). The van der Waals surface area contributed by atoms with Gasteiger partial charge in [-0.25, -0.2) is 4.98 Å². The summed E-state index contributed by atoms with van der Waals surface area (Å²) in [6, 6.07) is 5.19. The highest BCUT2D eigenvalue weighted by Gasteiger charge is 2.72. The van der Waals surface area contributed by atoms with Crippen LogP contribution in [0.4, 0.5) is 37.7 Å². The van der Waals surface area contributed by atoms with Gasteiger partial charge >= 0.3 is 12.4 Å². The van der Waals surface area contributed by atoms with Gasteiger partial charge in [0.1, 0.15) is 0 Å². The number of carbonyl (C=O) groups excluding carboxylic acids is 2. The molecule has 260 valence electrons. The van der Waals surface area contributed by atoms with Crippen molar-refractivity contribution < 1.29 is 35.9 Å². The van der Waals surface area contributed by atoms with E-state index >= 15 is 26.3 Å². The molecule has 0 saturated heterocycles. The number of halogens is 6. The average molecular weight is 679 g/mol. The molecule has 1 atom stereocenters. The van der Waals surface area contributed by atoms with Gasteiger partial charge in [0.05, 0.1) is 0 Å². The van der Waals surface area contributed by atoms with Crippen molar-refractivity contribution in [2.45, 2.75) is 83.9 Å². The summed E-state index contributed by atoms with van der Waals surface area (Å²) in [5.41, 5.74) is -6.70. The fourth-order valence-corrected chi connectivity index (χ4v) is 5.83. The SMILES string of the molecule is CCCCN1C=CN(C)C1C(=O)Nc1cc(C(c2ccc(C)c(NC(=O)c3nccn3CCCC)c2)(C(F)(F)F)C(F)(F)F)ccc1C. The van der Waals surface area contributed by atoms with E-state index in [4.69, 9.17) is 0 Å². The van der Waals surface area contributed by atoms with Gasteiger partial charge in [0.15, 0.2) is 12.0 Å². The molecule has 1 aliphatic rings. The number of imidazole rings is 1. The molecule has 2 aromatic carbocycles. The smallest absolute Gasteiger partial charge is 0.351 e. The number of amides is 2. The van der Waals surface area contributed by atoms with Crippen LogP contribution in [0.2, 0.25) is 0 Å². The van der Waals surface area contributed by atoms with E-state index < -0.39 is 46.9 Å². The van der Waals surface area contributed by atoms with Crippen molar-refractivity contribution in [3.8, 4) is 0 Å². The molecule has 0 aliphatic carbocycles. The van der Waals surface area contributed by atoms with Gasteiger partial charge in [0.2, 0.25) is 5.41 Å². The Balaban J connectivity index is 1.78. The topological polar surface area (TPSA) is 82.5 Å². The Hall–Kier alpha value is -4.49. The minimum Gasteiger partial charge on any atom is -0.351 e. The zero-order valence-electron chi connectivity index (χ0n) is 27.5. The van der Waals surface area contributed by atoms with Gasteiger partial charge in [-0.15, -0.1) is 0 Å². The van der Waals surface area contributed by atoms with Crippen molar-refractivity contribution in [3.63, 3.8) is 0 Å². The Morgan fingerprint density at radius 1 is 0.812 bits per heavy atom. The number of unbranched alkanes of at least 4 members (excludes halogenated alkanes) is 2. The molecule has 0 spiro atoms. The molecule has 14 heteroatoms. The van der Waals surface area contributed by atoms with Crippen LogP contribution in [0.25, 0.3) is 0 Å². The zero-order chi connectivity index (χ0) is 35.4. The van der Waals surface area contributed by atoms with Crippen LogP contribution in [-0.4, -0.2) is 63.3 Å². The third kappa shape index (κ3) is 7.02. The van der Waals surface area contributed by atoms with Crippen molar-refractivity contribution in [1.29, 1.82) is 0 Å². The van der Waals surface area contributed by atoms with Crippen molar-refractivity contribution in [2.75, 3.05) is 24.2 Å². The maximum Gasteiger partial charge on any atom is 0.411 e. The summed E-state index contributed by atoms with van der Waals surface area (Å²) in [7, 11) is 1.65. The second kappa shape index (κ2) is 14.3. The highest BCUT2D eigenvalue weighted by Crippen LogP contribution is 2.57. The van der Waals surface area contributed by atoms with Gasteiger partial charge < -0.3 is 25.0 Å². The lowest BCUT2D eigenvalue weighted by Gasteiger charge is -2.39. The highest BCUT2D eigenvalue weighted by atomic mass is 19.4. The van der Waals surface area contributed by atoms with Crippen LogP contribution in [0.15, 0.2) is 61.2 Å². The van der Waals surface area contributed by atoms with Crippen molar-refractivity contribution >= 4 is 23.2 Å². The molecule has 2 heterocycles. The molecule has 0 saturated carbocycles. The van der Waals surface area contributed by atoms with E-state index in [9.17, 15) is 9.59 Å². The summed E-state index contributed by atoms with van der Waals surface area (Å²) in [6.07, 6.45) is -3.07. The molecule has 1 aromatic heterocycles. The van der Waals surface area contributed by atoms with E-state index in [-0.39, 0.29) is 28.3 Å². The van der Waals surface area contributed by atoms with E-state index in [0.717, 1.165) is 56.0 Å². The minimum atomic E-state index is -5.89. The van der Waals surface area contributed by atoms with E-state index in [0.29, 0.717) is 19.2 Å². The van der Waals surface area contributed by atoms with Crippen molar-refractivity contribution in [2.24, 2.45) is 0 Å². The Morgan fingerprint density at radius 3 is 1.90 bits per heavy atom.